The number of unbranched alkanes of at least 4 members (excludes halogenated alkanes) is 11. The smallest absolute Gasteiger partial charge is 0.303 e. The molecule has 0 bridgehead atoms. The Bertz CT molecular complexity index is 239. The van der Waals surface area contributed by atoms with E-state index in [-0.39, 0.29) is 40.8 Å². The van der Waals surface area contributed by atoms with Crippen molar-refractivity contribution in [2.45, 2.75) is 96.8 Å². The molecule has 0 unspecified atom stereocenters. The number of rotatable bonds is 15. The Morgan fingerprint density at radius 1 is 0.762 bits per heavy atom. The van der Waals surface area contributed by atoms with Gasteiger partial charge < -0.3 is 5.11 Å². The van der Waals surface area contributed by atoms with E-state index in [1.54, 1.807) is 0 Å². The Balaban J connectivity index is 0. The van der Waals surface area contributed by atoms with Crippen molar-refractivity contribution in [3.05, 3.63) is 12.2 Å². The number of hydrogen-bond donors (Lipinski definition) is 1. The maximum Gasteiger partial charge on any atom is 0.303 e. The summed E-state index contributed by atoms with van der Waals surface area (Å²) in [5.41, 5.74) is 0. The minimum Gasteiger partial charge on any atom is -0.481 e. The van der Waals surface area contributed by atoms with E-state index >= 15 is 0 Å². The van der Waals surface area contributed by atoms with E-state index in [0.29, 0.717) is 6.42 Å². The average Bonchev–Trinajstić information content (AvgIpc) is 2.43. The molecule has 0 saturated carbocycles. The van der Waals surface area contributed by atoms with Gasteiger partial charge >= 0.3 is 5.97 Å². The van der Waals surface area contributed by atoms with Crippen LogP contribution in [0.25, 0.3) is 0 Å². The van der Waals surface area contributed by atoms with Crippen LogP contribution in [0.4, 0.5) is 0 Å². The van der Waals surface area contributed by atoms with Gasteiger partial charge in [0.25, 0.3) is 0 Å². The van der Waals surface area contributed by atoms with E-state index in [2.05, 4.69) is 19.1 Å². The molecule has 0 rings (SSSR count). The molecular weight excluding hydrogens is 392 g/mol. The molecule has 0 aromatic carbocycles. The van der Waals surface area contributed by atoms with Gasteiger partial charge in [-0.25, -0.2) is 0 Å². The first-order valence-electron chi connectivity index (χ1n) is 8.64. The molecular formula is C18H34NdO2. The molecule has 0 radical (unpaired) electrons. The molecule has 0 spiro atoms. The Morgan fingerprint density at radius 2 is 1.19 bits per heavy atom. The van der Waals surface area contributed by atoms with Gasteiger partial charge in [0, 0.05) is 47.3 Å². The predicted octanol–water partition coefficient (Wildman–Crippen LogP) is 6.11. The number of carbonyl (C=O) groups is 1. The van der Waals surface area contributed by atoms with Crippen LogP contribution in [0.1, 0.15) is 96.8 Å². The van der Waals surface area contributed by atoms with E-state index in [1.165, 1.54) is 70.6 Å². The Kier molecular flexibility index (Phi) is 23.3. The van der Waals surface area contributed by atoms with Crippen molar-refractivity contribution in [2.75, 3.05) is 0 Å². The molecule has 21 heavy (non-hydrogen) atoms. The number of aliphatic carboxylic acids is 1. The van der Waals surface area contributed by atoms with E-state index in [1.807, 2.05) is 0 Å². The zero-order chi connectivity index (χ0) is 14.9. The summed E-state index contributed by atoms with van der Waals surface area (Å²) in [4.78, 5) is 10.3. The fourth-order valence-electron chi connectivity index (χ4n) is 2.35. The molecule has 122 valence electrons. The fourth-order valence-corrected chi connectivity index (χ4v) is 2.35. The Hall–Kier alpha value is 0.561. The quantitative estimate of drug-likeness (QED) is 0.253. The van der Waals surface area contributed by atoms with Gasteiger partial charge in [0.2, 0.25) is 0 Å². The summed E-state index contributed by atoms with van der Waals surface area (Å²) in [6.45, 7) is 2.26. The third-order valence-electron chi connectivity index (χ3n) is 3.65. The molecule has 0 saturated heterocycles. The molecule has 0 aliphatic heterocycles. The molecule has 1 N–H and O–H groups in total. The van der Waals surface area contributed by atoms with Crippen molar-refractivity contribution in [1.29, 1.82) is 0 Å². The van der Waals surface area contributed by atoms with Gasteiger partial charge in [0.1, 0.15) is 0 Å². The van der Waals surface area contributed by atoms with Crippen LogP contribution in [0, 0.1) is 40.8 Å². The van der Waals surface area contributed by atoms with Gasteiger partial charge in [0.05, 0.1) is 0 Å². The van der Waals surface area contributed by atoms with Crippen LogP contribution in [-0.2, 0) is 4.79 Å². The molecule has 0 aromatic rings. The van der Waals surface area contributed by atoms with Crippen LogP contribution in [-0.4, -0.2) is 11.1 Å². The minimum absolute atomic E-state index is 0. The van der Waals surface area contributed by atoms with Gasteiger partial charge in [-0.1, -0.05) is 70.4 Å². The van der Waals surface area contributed by atoms with Gasteiger partial charge in [0.15, 0.2) is 0 Å². The normalized spacial score (nSPS) is 10.7. The van der Waals surface area contributed by atoms with Crippen LogP contribution in [0.3, 0.4) is 0 Å². The van der Waals surface area contributed by atoms with Crippen LogP contribution in [0.2, 0.25) is 0 Å². The van der Waals surface area contributed by atoms with Gasteiger partial charge in [-0.2, -0.15) is 0 Å². The van der Waals surface area contributed by atoms with Gasteiger partial charge in [-0.3, -0.25) is 4.79 Å². The maximum absolute atomic E-state index is 10.3. The predicted molar refractivity (Wildman–Crippen MR) is 87.1 cm³/mol. The van der Waals surface area contributed by atoms with Gasteiger partial charge in [-0.05, 0) is 32.1 Å². The van der Waals surface area contributed by atoms with E-state index in [4.69, 9.17) is 5.11 Å². The standard InChI is InChI=1S/C18H34O2.Nd/c1-2-3-4-5-6-7-8-9-10-11-12-13-14-15-16-17-18(19)20;/h9-10H,2-8,11-17H2,1H3,(H,19,20);/b10-9-;. The molecule has 0 amide bonds. The number of carboxylic acids is 1. The topological polar surface area (TPSA) is 37.3 Å². The molecule has 0 atom stereocenters. The molecule has 3 heteroatoms. The summed E-state index contributed by atoms with van der Waals surface area (Å²) in [6.07, 6.45) is 21.2. The Labute approximate surface area is 164 Å². The first-order chi connectivity index (χ1) is 9.77. The second-order valence-electron chi connectivity index (χ2n) is 5.73. The van der Waals surface area contributed by atoms with Crippen LogP contribution < -0.4 is 0 Å². The maximum atomic E-state index is 10.3. The molecule has 0 aliphatic carbocycles. The second kappa shape index (κ2) is 20.6. The molecule has 0 aliphatic rings. The van der Waals surface area contributed by atoms with Crippen molar-refractivity contribution in [3.63, 3.8) is 0 Å². The SMILES string of the molecule is CCCCCCCC/C=C\CCCCCCCC(=O)O.[Nd]. The van der Waals surface area contributed by atoms with E-state index in [0.717, 1.165) is 12.8 Å². The summed E-state index contributed by atoms with van der Waals surface area (Å²) in [7, 11) is 0. The van der Waals surface area contributed by atoms with Gasteiger partial charge in [-0.15, -0.1) is 0 Å². The van der Waals surface area contributed by atoms with E-state index in [9.17, 15) is 4.79 Å². The monoisotopic (exact) mass is 424 g/mol. The average molecular weight is 427 g/mol. The first kappa shape index (κ1) is 23.8. The van der Waals surface area contributed by atoms with Crippen LogP contribution in [0.15, 0.2) is 12.2 Å². The minimum atomic E-state index is -0.664. The molecule has 0 aromatic heterocycles. The number of hydrogen-bond acceptors (Lipinski definition) is 1. The number of allylic oxidation sites excluding steroid dienone is 2. The first-order valence-corrected chi connectivity index (χ1v) is 8.64. The van der Waals surface area contributed by atoms with Crippen molar-refractivity contribution >= 4 is 5.97 Å². The summed E-state index contributed by atoms with van der Waals surface area (Å²) in [5, 5.41) is 8.51. The third kappa shape index (κ3) is 23.0. The number of carboxylic acid groups (broad SMARTS) is 1. The summed E-state index contributed by atoms with van der Waals surface area (Å²) >= 11 is 0. The fraction of sp³-hybridized carbons (Fsp3) is 0.833. The molecule has 2 nitrogen and oxygen atoms in total. The van der Waals surface area contributed by atoms with Crippen LogP contribution >= 0.6 is 0 Å². The summed E-state index contributed by atoms with van der Waals surface area (Å²) < 4.78 is 0. The van der Waals surface area contributed by atoms with E-state index < -0.39 is 5.97 Å². The van der Waals surface area contributed by atoms with Crippen molar-refractivity contribution < 1.29 is 50.7 Å². The summed E-state index contributed by atoms with van der Waals surface area (Å²) in [5.74, 6) is -0.664. The zero-order valence-corrected chi connectivity index (χ0v) is 17.1. The third-order valence-corrected chi connectivity index (χ3v) is 3.65. The molecule has 0 fully saturated rings. The largest absolute Gasteiger partial charge is 0.481 e. The van der Waals surface area contributed by atoms with Crippen molar-refractivity contribution in [3.8, 4) is 0 Å². The molecule has 0 heterocycles. The summed E-state index contributed by atoms with van der Waals surface area (Å²) in [6, 6.07) is 0. The van der Waals surface area contributed by atoms with Crippen molar-refractivity contribution in [2.24, 2.45) is 0 Å². The van der Waals surface area contributed by atoms with Crippen LogP contribution in [0.5, 0.6) is 0 Å². The van der Waals surface area contributed by atoms with Crippen molar-refractivity contribution in [1.82, 2.24) is 0 Å². The zero-order valence-electron chi connectivity index (χ0n) is 13.9. The second-order valence-corrected chi connectivity index (χ2v) is 5.73. The Morgan fingerprint density at radius 3 is 1.67 bits per heavy atom.